The van der Waals surface area contributed by atoms with E-state index in [1.807, 2.05) is 42.2 Å². The molecule has 1 aliphatic heterocycles. The molecule has 0 bridgehead atoms. The summed E-state index contributed by atoms with van der Waals surface area (Å²) in [5, 5.41) is 8.42. The van der Waals surface area contributed by atoms with Crippen LogP contribution >= 0.6 is 15.9 Å². The summed E-state index contributed by atoms with van der Waals surface area (Å²) >= 11 is 3.38. The Morgan fingerprint density at radius 1 is 1.23 bits per heavy atom. The molecule has 1 saturated heterocycles. The van der Waals surface area contributed by atoms with Crippen LogP contribution in [0.5, 0.6) is 5.88 Å². The van der Waals surface area contributed by atoms with E-state index in [0.717, 1.165) is 29.4 Å². The molecular weight excluding hydrogens is 446 g/mol. The number of benzene rings is 1. The molecule has 0 aliphatic carbocycles. The highest BCUT2D eigenvalue weighted by Gasteiger charge is 2.33. The molecule has 1 aliphatic rings. The summed E-state index contributed by atoms with van der Waals surface area (Å²) in [5.74, 6) is 0.841. The van der Waals surface area contributed by atoms with E-state index < -0.39 is 0 Å². The molecule has 3 aromatic rings. The number of rotatable bonds is 5. The summed E-state index contributed by atoms with van der Waals surface area (Å²) in [6, 6.07) is 9.59. The average molecular weight is 470 g/mol. The lowest BCUT2D eigenvalue weighted by molar-refractivity contribution is 0.0448. The molecule has 0 saturated carbocycles. The minimum absolute atomic E-state index is 0.00460. The van der Waals surface area contributed by atoms with Gasteiger partial charge in [-0.2, -0.15) is 15.0 Å². The summed E-state index contributed by atoms with van der Waals surface area (Å²) in [7, 11) is 0. The van der Waals surface area contributed by atoms with Crippen molar-refractivity contribution in [2.45, 2.75) is 32.7 Å². The SMILES string of the molecule is Cc1ccc(-n2nccn2)c(C(=O)N2CCCC(COc3ccc(Br)cn3)C2C)c1. The number of piperidine rings is 1. The summed E-state index contributed by atoms with van der Waals surface area (Å²) < 4.78 is 6.83. The highest BCUT2D eigenvalue weighted by Crippen LogP contribution is 2.28. The van der Waals surface area contributed by atoms with Crippen LogP contribution in [0, 0.1) is 12.8 Å². The highest BCUT2D eigenvalue weighted by molar-refractivity contribution is 9.10. The fourth-order valence-corrected chi connectivity index (χ4v) is 4.10. The molecule has 2 unspecified atom stereocenters. The molecule has 1 fully saturated rings. The molecule has 2 aromatic heterocycles. The van der Waals surface area contributed by atoms with Crippen molar-refractivity contribution in [3.63, 3.8) is 0 Å². The van der Waals surface area contributed by atoms with E-state index in [1.54, 1.807) is 18.6 Å². The molecule has 1 amide bonds. The van der Waals surface area contributed by atoms with E-state index >= 15 is 0 Å². The quantitative estimate of drug-likeness (QED) is 0.563. The van der Waals surface area contributed by atoms with Crippen molar-refractivity contribution in [1.29, 1.82) is 0 Å². The lowest BCUT2D eigenvalue weighted by atomic mass is 9.90. The van der Waals surface area contributed by atoms with E-state index in [-0.39, 0.29) is 17.9 Å². The highest BCUT2D eigenvalue weighted by atomic mass is 79.9. The third-order valence-electron chi connectivity index (χ3n) is 5.57. The van der Waals surface area contributed by atoms with E-state index in [9.17, 15) is 4.79 Å². The van der Waals surface area contributed by atoms with Crippen molar-refractivity contribution in [3.05, 3.63) is 64.5 Å². The molecule has 156 valence electrons. The maximum atomic E-state index is 13.5. The lowest BCUT2D eigenvalue weighted by Crippen LogP contribution is -2.48. The van der Waals surface area contributed by atoms with Crippen molar-refractivity contribution in [3.8, 4) is 11.6 Å². The van der Waals surface area contributed by atoms with Gasteiger partial charge in [0.1, 0.15) is 0 Å². The van der Waals surface area contributed by atoms with Crippen LogP contribution in [-0.2, 0) is 0 Å². The molecule has 0 N–H and O–H groups in total. The summed E-state index contributed by atoms with van der Waals surface area (Å²) in [6.45, 7) is 5.34. The van der Waals surface area contributed by atoms with Gasteiger partial charge in [-0.05, 0) is 60.8 Å². The van der Waals surface area contributed by atoms with Crippen LogP contribution in [0.1, 0.15) is 35.7 Å². The zero-order chi connectivity index (χ0) is 21.1. The van der Waals surface area contributed by atoms with Crippen molar-refractivity contribution >= 4 is 21.8 Å². The van der Waals surface area contributed by atoms with Crippen LogP contribution in [0.15, 0.2) is 53.4 Å². The Balaban J connectivity index is 1.52. The van der Waals surface area contributed by atoms with Gasteiger partial charge in [-0.25, -0.2) is 4.98 Å². The van der Waals surface area contributed by atoms with Gasteiger partial charge in [-0.1, -0.05) is 11.6 Å². The van der Waals surface area contributed by atoms with Gasteiger partial charge in [0, 0.05) is 35.2 Å². The number of aryl methyl sites for hydroxylation is 1. The number of hydrogen-bond acceptors (Lipinski definition) is 5. The second-order valence-corrected chi connectivity index (χ2v) is 8.52. The first-order chi connectivity index (χ1) is 14.5. The average Bonchev–Trinajstić information content (AvgIpc) is 3.28. The molecule has 8 heteroatoms. The van der Waals surface area contributed by atoms with Gasteiger partial charge in [-0.3, -0.25) is 4.79 Å². The molecule has 2 atom stereocenters. The van der Waals surface area contributed by atoms with Gasteiger partial charge in [0.05, 0.1) is 30.3 Å². The number of carbonyl (C=O) groups excluding carboxylic acids is 1. The second kappa shape index (κ2) is 8.95. The maximum absolute atomic E-state index is 13.5. The standard InChI is InChI=1S/C22H24BrN5O2/c1-15-5-7-20(28-25-9-10-26-28)19(12-15)22(29)27-11-3-4-17(16(27)2)14-30-21-8-6-18(23)13-24-21/h5-10,12-13,16-17H,3-4,11,14H2,1-2H3. The molecule has 3 heterocycles. The Kier molecular flexibility index (Phi) is 6.13. The predicted molar refractivity (Wildman–Crippen MR) is 117 cm³/mol. The van der Waals surface area contributed by atoms with E-state index in [2.05, 4.69) is 38.0 Å². The minimum atomic E-state index is 0.00460. The van der Waals surface area contributed by atoms with Crippen LogP contribution in [0.4, 0.5) is 0 Å². The van der Waals surface area contributed by atoms with Gasteiger partial charge in [0.15, 0.2) is 0 Å². The van der Waals surface area contributed by atoms with Crippen LogP contribution in [0.25, 0.3) is 5.69 Å². The summed E-state index contributed by atoms with van der Waals surface area (Å²) in [6.07, 6.45) is 6.91. The number of pyridine rings is 1. The Bertz CT molecular complexity index is 1010. The normalized spacial score (nSPS) is 19.0. The molecule has 30 heavy (non-hydrogen) atoms. The maximum Gasteiger partial charge on any atom is 0.256 e. The van der Waals surface area contributed by atoms with Crippen LogP contribution in [0.3, 0.4) is 0 Å². The van der Waals surface area contributed by atoms with Gasteiger partial charge in [0.25, 0.3) is 5.91 Å². The van der Waals surface area contributed by atoms with Crippen molar-refractivity contribution in [2.75, 3.05) is 13.2 Å². The number of likely N-dealkylation sites (tertiary alicyclic amines) is 1. The molecule has 7 nitrogen and oxygen atoms in total. The van der Waals surface area contributed by atoms with Crippen molar-refractivity contribution in [2.24, 2.45) is 5.92 Å². The van der Waals surface area contributed by atoms with E-state index in [1.165, 1.54) is 4.80 Å². The number of carbonyl (C=O) groups is 1. The first-order valence-electron chi connectivity index (χ1n) is 10.1. The molecule has 4 rings (SSSR count). The van der Waals surface area contributed by atoms with Gasteiger partial charge in [0.2, 0.25) is 5.88 Å². The number of nitrogens with zero attached hydrogens (tertiary/aromatic N) is 5. The minimum Gasteiger partial charge on any atom is -0.477 e. The molecule has 0 radical (unpaired) electrons. The summed E-state index contributed by atoms with van der Waals surface area (Å²) in [4.78, 5) is 21.3. The number of hydrogen-bond donors (Lipinski definition) is 0. The largest absolute Gasteiger partial charge is 0.477 e. The second-order valence-electron chi connectivity index (χ2n) is 7.61. The van der Waals surface area contributed by atoms with Crippen molar-refractivity contribution in [1.82, 2.24) is 24.9 Å². The third kappa shape index (κ3) is 4.38. The molecule has 0 spiro atoms. The van der Waals surface area contributed by atoms with E-state index in [0.29, 0.717) is 23.7 Å². The van der Waals surface area contributed by atoms with Gasteiger partial charge < -0.3 is 9.64 Å². The van der Waals surface area contributed by atoms with E-state index in [4.69, 9.17) is 4.74 Å². The number of aromatic nitrogens is 4. The molecule has 1 aromatic carbocycles. The topological polar surface area (TPSA) is 73.1 Å². The number of amides is 1. The zero-order valence-electron chi connectivity index (χ0n) is 17.0. The first kappa shape index (κ1) is 20.5. The Morgan fingerprint density at radius 2 is 2.03 bits per heavy atom. The van der Waals surface area contributed by atoms with Crippen LogP contribution < -0.4 is 4.74 Å². The lowest BCUT2D eigenvalue weighted by Gasteiger charge is -2.39. The predicted octanol–water partition coefficient (Wildman–Crippen LogP) is 4.05. The fourth-order valence-electron chi connectivity index (χ4n) is 3.86. The number of halogens is 1. The smallest absolute Gasteiger partial charge is 0.256 e. The van der Waals surface area contributed by atoms with Crippen LogP contribution in [0.2, 0.25) is 0 Å². The summed E-state index contributed by atoms with van der Waals surface area (Å²) in [5.41, 5.74) is 2.34. The Morgan fingerprint density at radius 3 is 2.77 bits per heavy atom. The van der Waals surface area contributed by atoms with Crippen LogP contribution in [-0.4, -0.2) is 50.0 Å². The zero-order valence-corrected chi connectivity index (χ0v) is 18.6. The number of ether oxygens (including phenoxy) is 1. The fraction of sp³-hybridized carbons (Fsp3) is 0.364. The third-order valence-corrected chi connectivity index (χ3v) is 6.04. The van der Waals surface area contributed by atoms with Crippen molar-refractivity contribution < 1.29 is 9.53 Å². The molecular formula is C22H24BrN5O2. The van der Waals surface area contributed by atoms with Gasteiger partial charge in [-0.15, -0.1) is 0 Å². The Labute approximate surface area is 184 Å². The van der Waals surface area contributed by atoms with Gasteiger partial charge >= 0.3 is 0 Å². The first-order valence-corrected chi connectivity index (χ1v) is 10.8. The monoisotopic (exact) mass is 469 g/mol. The Hall–Kier alpha value is -2.74.